The number of halogens is 4. The maximum absolute atomic E-state index is 13.0. The summed E-state index contributed by atoms with van der Waals surface area (Å²) in [5.41, 5.74) is 1.40. The van der Waals surface area contributed by atoms with Crippen molar-refractivity contribution in [2.45, 2.75) is 12.5 Å². The highest BCUT2D eigenvalue weighted by Crippen LogP contribution is 2.30. The molecule has 4 rings (SSSR count). The van der Waals surface area contributed by atoms with Gasteiger partial charge in [0, 0.05) is 49.9 Å². The number of ketones is 1. The van der Waals surface area contributed by atoms with Crippen LogP contribution in [0.5, 0.6) is 0 Å². The number of nitrogens with one attached hydrogen (secondary N) is 1. The molecule has 0 spiro atoms. The van der Waals surface area contributed by atoms with Crippen molar-refractivity contribution in [1.29, 1.82) is 0 Å². The Balaban J connectivity index is 1.34. The van der Waals surface area contributed by atoms with Gasteiger partial charge in [-0.2, -0.15) is 0 Å². The van der Waals surface area contributed by atoms with E-state index in [1.165, 1.54) is 0 Å². The van der Waals surface area contributed by atoms with Crippen molar-refractivity contribution in [2.24, 2.45) is 5.92 Å². The van der Waals surface area contributed by atoms with Gasteiger partial charge in [-0.1, -0.05) is 52.5 Å². The Kier molecular flexibility index (Phi) is 6.99. The van der Waals surface area contributed by atoms with Gasteiger partial charge in [-0.25, -0.2) is 0 Å². The molecule has 2 saturated heterocycles. The number of amides is 1. The average Bonchev–Trinajstić information content (AvgIpc) is 3.27. The van der Waals surface area contributed by atoms with Crippen molar-refractivity contribution >= 4 is 63.8 Å². The van der Waals surface area contributed by atoms with Crippen molar-refractivity contribution in [2.75, 3.05) is 37.6 Å². The molecule has 2 aromatic rings. The lowest BCUT2D eigenvalue weighted by Gasteiger charge is -2.37. The van der Waals surface area contributed by atoms with Gasteiger partial charge in [0.05, 0.1) is 26.1 Å². The van der Waals surface area contributed by atoms with Crippen LogP contribution in [0, 0.1) is 5.92 Å². The van der Waals surface area contributed by atoms with E-state index < -0.39 is 0 Å². The molecular formula is C22H21Cl4N3O2. The zero-order valence-electron chi connectivity index (χ0n) is 16.6. The molecule has 9 heteroatoms. The number of piperazine rings is 1. The van der Waals surface area contributed by atoms with Crippen molar-refractivity contribution in [3.8, 4) is 0 Å². The fourth-order valence-corrected chi connectivity index (χ4v) is 4.81. The molecular weight excluding hydrogens is 480 g/mol. The number of nitrogens with zero attached hydrogens (tertiary/aromatic N) is 2. The lowest BCUT2D eigenvalue weighted by atomic mass is 9.94. The van der Waals surface area contributed by atoms with E-state index >= 15 is 0 Å². The molecule has 0 aliphatic carbocycles. The van der Waals surface area contributed by atoms with E-state index in [2.05, 4.69) is 10.2 Å². The van der Waals surface area contributed by atoms with E-state index in [1.54, 1.807) is 24.3 Å². The average molecular weight is 501 g/mol. The first-order valence-electron chi connectivity index (χ1n) is 10.1. The fraction of sp³-hybridized carbons (Fsp3) is 0.364. The van der Waals surface area contributed by atoms with Gasteiger partial charge in [0.2, 0.25) is 5.91 Å². The molecule has 2 unspecified atom stereocenters. The first-order valence-corrected chi connectivity index (χ1v) is 11.6. The van der Waals surface area contributed by atoms with Gasteiger partial charge in [0.1, 0.15) is 0 Å². The van der Waals surface area contributed by atoms with Crippen LogP contribution in [0.3, 0.4) is 0 Å². The first kappa shape index (κ1) is 22.7. The van der Waals surface area contributed by atoms with Crippen LogP contribution in [0.4, 0.5) is 5.69 Å². The van der Waals surface area contributed by atoms with Crippen molar-refractivity contribution in [1.82, 2.24) is 10.2 Å². The summed E-state index contributed by atoms with van der Waals surface area (Å²) >= 11 is 24.4. The van der Waals surface area contributed by atoms with E-state index in [9.17, 15) is 9.59 Å². The van der Waals surface area contributed by atoms with E-state index in [0.717, 1.165) is 5.69 Å². The first-order chi connectivity index (χ1) is 14.8. The van der Waals surface area contributed by atoms with Gasteiger partial charge >= 0.3 is 0 Å². The van der Waals surface area contributed by atoms with Crippen LogP contribution >= 0.6 is 46.4 Å². The second-order valence-corrected chi connectivity index (χ2v) is 9.37. The third-order valence-corrected chi connectivity index (χ3v) is 7.43. The molecule has 2 aliphatic heterocycles. The van der Waals surface area contributed by atoms with Crippen molar-refractivity contribution in [3.05, 3.63) is 62.1 Å². The summed E-state index contributed by atoms with van der Waals surface area (Å²) in [5, 5.41) is 4.87. The predicted molar refractivity (Wildman–Crippen MR) is 126 cm³/mol. The smallest absolute Gasteiger partial charge is 0.239 e. The van der Waals surface area contributed by atoms with E-state index in [4.69, 9.17) is 46.4 Å². The van der Waals surface area contributed by atoms with Crippen LogP contribution in [0.25, 0.3) is 0 Å². The Bertz CT molecular complexity index is 1010. The Morgan fingerprint density at radius 3 is 2.35 bits per heavy atom. The van der Waals surface area contributed by atoms with Crippen LogP contribution in [0.2, 0.25) is 20.1 Å². The monoisotopic (exact) mass is 499 g/mol. The number of hydrogen-bond acceptors (Lipinski definition) is 4. The molecule has 2 atom stereocenters. The van der Waals surface area contributed by atoms with Crippen LogP contribution in [-0.2, 0) is 4.79 Å². The summed E-state index contributed by atoms with van der Waals surface area (Å²) in [6.07, 6.45) is 0.452. The van der Waals surface area contributed by atoms with Crippen LogP contribution in [0.15, 0.2) is 36.4 Å². The maximum atomic E-state index is 13.0. The summed E-state index contributed by atoms with van der Waals surface area (Å²) in [5.74, 6) is -0.358. The van der Waals surface area contributed by atoms with E-state index in [-0.39, 0.29) is 28.7 Å². The molecule has 0 saturated carbocycles. The highest BCUT2D eigenvalue weighted by molar-refractivity contribution is 6.44. The zero-order valence-corrected chi connectivity index (χ0v) is 19.6. The van der Waals surface area contributed by atoms with Gasteiger partial charge in [0.15, 0.2) is 5.78 Å². The number of hydrogen-bond donors (Lipinski definition) is 1. The minimum Gasteiger partial charge on any atom is -0.368 e. The van der Waals surface area contributed by atoms with E-state index in [1.807, 2.05) is 17.0 Å². The van der Waals surface area contributed by atoms with Crippen LogP contribution < -0.4 is 10.2 Å². The summed E-state index contributed by atoms with van der Waals surface area (Å²) < 4.78 is 0. The minimum atomic E-state index is -0.372. The topological polar surface area (TPSA) is 52.7 Å². The summed E-state index contributed by atoms with van der Waals surface area (Å²) in [6, 6.07) is 10.2. The summed E-state index contributed by atoms with van der Waals surface area (Å²) in [6.45, 7) is 3.07. The number of benzene rings is 2. The predicted octanol–water partition coefficient (Wildman–Crippen LogP) is 4.81. The van der Waals surface area contributed by atoms with Crippen molar-refractivity contribution < 1.29 is 9.59 Å². The molecule has 0 aromatic heterocycles. The van der Waals surface area contributed by atoms with E-state index in [0.29, 0.717) is 59.8 Å². The van der Waals surface area contributed by atoms with Crippen LogP contribution in [-0.4, -0.2) is 55.4 Å². The lowest BCUT2D eigenvalue weighted by Crippen LogP contribution is -2.53. The minimum absolute atomic E-state index is 0.0290. The van der Waals surface area contributed by atoms with Crippen LogP contribution in [0.1, 0.15) is 16.8 Å². The standard InChI is InChI=1S/C22H21Cl4N3O2/c23-16-5-4-14(11-18(16)25)28-6-8-29(9-7-28)22(31)19-10-13(12-27-19)21(30)15-2-1-3-17(24)20(15)26/h1-5,11,13,19,27H,6-10,12H2. The molecule has 1 N–H and O–H groups in total. The summed E-state index contributed by atoms with van der Waals surface area (Å²) in [7, 11) is 0. The molecule has 2 aliphatic rings. The Morgan fingerprint density at radius 2 is 1.65 bits per heavy atom. The van der Waals surface area contributed by atoms with Crippen molar-refractivity contribution in [3.63, 3.8) is 0 Å². The second kappa shape index (κ2) is 9.55. The van der Waals surface area contributed by atoms with Gasteiger partial charge in [-0.3, -0.25) is 9.59 Å². The normalized spacial score (nSPS) is 21.4. The molecule has 2 fully saturated rings. The highest BCUT2D eigenvalue weighted by atomic mass is 35.5. The van der Waals surface area contributed by atoms with Gasteiger partial charge in [0.25, 0.3) is 0 Å². The Labute approximate surface area is 201 Å². The molecule has 1 amide bonds. The summed E-state index contributed by atoms with van der Waals surface area (Å²) in [4.78, 5) is 29.9. The van der Waals surface area contributed by atoms with Gasteiger partial charge in [-0.15, -0.1) is 0 Å². The Hall–Kier alpha value is -1.50. The molecule has 0 radical (unpaired) electrons. The molecule has 31 heavy (non-hydrogen) atoms. The number of anilines is 1. The zero-order chi connectivity index (χ0) is 22.1. The maximum Gasteiger partial charge on any atom is 0.239 e. The number of rotatable bonds is 4. The SMILES string of the molecule is O=C(c1cccc(Cl)c1Cl)C1CNC(C(=O)N2CCN(c3ccc(Cl)c(Cl)c3)CC2)C1. The molecule has 5 nitrogen and oxygen atoms in total. The molecule has 2 heterocycles. The Morgan fingerprint density at radius 1 is 0.903 bits per heavy atom. The number of carbonyl (C=O) groups is 2. The highest BCUT2D eigenvalue weighted by Gasteiger charge is 2.37. The van der Waals surface area contributed by atoms with Gasteiger partial charge < -0.3 is 15.1 Å². The lowest BCUT2D eigenvalue weighted by molar-refractivity contribution is -0.133. The second-order valence-electron chi connectivity index (χ2n) is 7.77. The number of Topliss-reactive ketones (excluding diaryl/α,β-unsaturated/α-hetero) is 1. The quantitative estimate of drug-likeness (QED) is 0.612. The largest absolute Gasteiger partial charge is 0.368 e. The molecule has 0 bridgehead atoms. The molecule has 164 valence electrons. The molecule has 2 aromatic carbocycles. The third kappa shape index (κ3) is 4.81. The third-order valence-electron chi connectivity index (χ3n) is 5.88. The van der Waals surface area contributed by atoms with Gasteiger partial charge in [-0.05, 0) is 36.8 Å². The fourth-order valence-electron chi connectivity index (χ4n) is 4.12. The number of carbonyl (C=O) groups excluding carboxylic acids is 2.